The second-order valence-electron chi connectivity index (χ2n) is 6.80. The Morgan fingerprint density at radius 3 is 2.62 bits per heavy atom. The highest BCUT2D eigenvalue weighted by Crippen LogP contribution is 2.42. The van der Waals surface area contributed by atoms with Gasteiger partial charge in [0.05, 0.1) is 5.41 Å². The van der Waals surface area contributed by atoms with Crippen molar-refractivity contribution in [3.8, 4) is 0 Å². The third-order valence-electron chi connectivity index (χ3n) is 4.87. The van der Waals surface area contributed by atoms with Gasteiger partial charge in [0.2, 0.25) is 12.1 Å². The van der Waals surface area contributed by atoms with Crippen LogP contribution in [0.5, 0.6) is 0 Å². The molecule has 1 heterocycles. The number of nitrogens with zero attached hydrogens (tertiary/aromatic N) is 1. The second-order valence-corrected chi connectivity index (χ2v) is 6.80. The van der Waals surface area contributed by atoms with Gasteiger partial charge in [0.25, 0.3) is 0 Å². The molecule has 1 saturated heterocycles. The minimum atomic E-state index is -0.784. The van der Waals surface area contributed by atoms with Crippen LogP contribution in [0.25, 0.3) is 4.85 Å². The Morgan fingerprint density at radius 2 is 2.10 bits per heavy atom. The van der Waals surface area contributed by atoms with Crippen LogP contribution in [-0.4, -0.2) is 29.7 Å². The minimum Gasteiger partial charge on any atom is -0.456 e. The Hall–Kier alpha value is -1.57. The highest BCUT2D eigenvalue weighted by molar-refractivity contribution is 5.83. The first-order chi connectivity index (χ1) is 9.82. The first kappa shape index (κ1) is 15.8. The molecule has 2 fully saturated rings. The second kappa shape index (κ2) is 5.67. The SMILES string of the molecule is [C-]#[N+]C1CCC2(CC1)CC(OC(=O)C(C)(C)CC)C(=O)O2. The molecule has 21 heavy (non-hydrogen) atoms. The number of hydrogen-bond acceptors (Lipinski definition) is 4. The normalized spacial score (nSPS) is 32.6. The Kier molecular flexibility index (Phi) is 4.27. The molecule has 0 N–H and O–H groups in total. The third-order valence-corrected chi connectivity index (χ3v) is 4.87. The van der Waals surface area contributed by atoms with Gasteiger partial charge in [-0.15, -0.1) is 0 Å². The molecule has 1 saturated carbocycles. The summed E-state index contributed by atoms with van der Waals surface area (Å²) < 4.78 is 10.9. The third kappa shape index (κ3) is 3.20. The molecule has 2 rings (SSSR count). The average Bonchev–Trinajstić information content (AvgIpc) is 2.75. The largest absolute Gasteiger partial charge is 0.456 e. The topological polar surface area (TPSA) is 57.0 Å². The van der Waals surface area contributed by atoms with Gasteiger partial charge in [-0.25, -0.2) is 11.4 Å². The summed E-state index contributed by atoms with van der Waals surface area (Å²) in [6.07, 6.45) is 3.19. The van der Waals surface area contributed by atoms with Crippen LogP contribution < -0.4 is 0 Å². The van der Waals surface area contributed by atoms with E-state index in [1.54, 1.807) is 0 Å². The highest BCUT2D eigenvalue weighted by atomic mass is 16.6. The maximum atomic E-state index is 12.1. The van der Waals surface area contributed by atoms with Crippen molar-refractivity contribution < 1.29 is 19.1 Å². The van der Waals surface area contributed by atoms with E-state index >= 15 is 0 Å². The molecule has 2 aliphatic rings. The molecule has 1 atom stereocenters. The van der Waals surface area contributed by atoms with Crippen molar-refractivity contribution in [3.63, 3.8) is 0 Å². The van der Waals surface area contributed by atoms with Gasteiger partial charge in [-0.1, -0.05) is 6.92 Å². The molecule has 1 aliphatic carbocycles. The number of ether oxygens (including phenoxy) is 2. The van der Waals surface area contributed by atoms with Crippen LogP contribution >= 0.6 is 0 Å². The number of carbonyl (C=O) groups excluding carboxylic acids is 2. The van der Waals surface area contributed by atoms with Crippen LogP contribution in [0, 0.1) is 12.0 Å². The van der Waals surface area contributed by atoms with Crippen molar-refractivity contribution >= 4 is 11.9 Å². The van der Waals surface area contributed by atoms with Gasteiger partial charge in [0, 0.05) is 19.3 Å². The van der Waals surface area contributed by atoms with Gasteiger partial charge >= 0.3 is 11.9 Å². The van der Waals surface area contributed by atoms with Gasteiger partial charge < -0.3 is 14.3 Å². The maximum Gasteiger partial charge on any atom is 0.348 e. The molecule has 5 nitrogen and oxygen atoms in total. The van der Waals surface area contributed by atoms with Crippen molar-refractivity contribution in [1.82, 2.24) is 0 Å². The summed E-state index contributed by atoms with van der Waals surface area (Å²) in [6, 6.07) is 0.0370. The Labute approximate surface area is 125 Å². The van der Waals surface area contributed by atoms with Crippen LogP contribution in [0.4, 0.5) is 0 Å². The highest BCUT2D eigenvalue weighted by Gasteiger charge is 2.51. The van der Waals surface area contributed by atoms with Crippen molar-refractivity contribution in [3.05, 3.63) is 11.4 Å². The standard InChI is InChI=1S/C16H23NO4/c1-5-15(2,3)14(19)20-12-10-16(21-13(12)18)8-6-11(17-4)7-9-16/h11-12H,5-10H2,1-3H3. The van der Waals surface area contributed by atoms with Gasteiger partial charge in [-0.05, 0) is 33.1 Å². The van der Waals surface area contributed by atoms with E-state index in [0.29, 0.717) is 25.7 Å². The van der Waals surface area contributed by atoms with Gasteiger partial charge in [-0.3, -0.25) is 4.79 Å². The van der Waals surface area contributed by atoms with Crippen molar-refractivity contribution in [2.24, 2.45) is 5.41 Å². The lowest BCUT2D eigenvalue weighted by molar-refractivity contribution is -0.169. The number of carbonyl (C=O) groups is 2. The average molecular weight is 293 g/mol. The minimum absolute atomic E-state index is 0.0370. The van der Waals surface area contributed by atoms with Gasteiger partial charge in [0.15, 0.2) is 0 Å². The van der Waals surface area contributed by atoms with Crippen LogP contribution in [0.2, 0.25) is 0 Å². The van der Waals surface area contributed by atoms with E-state index < -0.39 is 23.1 Å². The molecule has 1 aliphatic heterocycles. The summed E-state index contributed by atoms with van der Waals surface area (Å²) in [5.41, 5.74) is -1.10. The molecule has 116 valence electrons. The summed E-state index contributed by atoms with van der Waals surface area (Å²) in [5.74, 6) is -0.782. The number of esters is 2. The lowest BCUT2D eigenvalue weighted by Gasteiger charge is -2.31. The van der Waals surface area contributed by atoms with Crippen molar-refractivity contribution in [2.45, 2.75) is 77.0 Å². The van der Waals surface area contributed by atoms with Crippen molar-refractivity contribution in [1.29, 1.82) is 0 Å². The fraction of sp³-hybridized carbons (Fsp3) is 0.812. The summed E-state index contributed by atoms with van der Waals surface area (Å²) in [6.45, 7) is 12.6. The maximum absolute atomic E-state index is 12.1. The Morgan fingerprint density at radius 1 is 1.48 bits per heavy atom. The van der Waals surface area contributed by atoms with E-state index in [2.05, 4.69) is 4.85 Å². The van der Waals surface area contributed by atoms with Crippen LogP contribution in [-0.2, 0) is 19.1 Å². The lowest BCUT2D eigenvalue weighted by atomic mass is 9.80. The first-order valence-corrected chi connectivity index (χ1v) is 7.62. The molecule has 0 bridgehead atoms. The Bertz CT molecular complexity index is 469. The lowest BCUT2D eigenvalue weighted by Crippen LogP contribution is -2.35. The molecular weight excluding hydrogens is 270 g/mol. The zero-order valence-corrected chi connectivity index (χ0v) is 13.0. The molecule has 5 heteroatoms. The monoisotopic (exact) mass is 293 g/mol. The smallest absolute Gasteiger partial charge is 0.348 e. The molecule has 0 aromatic heterocycles. The van der Waals surface area contributed by atoms with Crippen LogP contribution in [0.15, 0.2) is 0 Å². The molecule has 1 unspecified atom stereocenters. The quantitative estimate of drug-likeness (QED) is 0.593. The van der Waals surface area contributed by atoms with Gasteiger partial charge in [0.1, 0.15) is 5.60 Å². The fourth-order valence-corrected chi connectivity index (χ4v) is 2.83. The van der Waals surface area contributed by atoms with E-state index in [0.717, 1.165) is 12.8 Å². The molecular formula is C16H23NO4. The van der Waals surface area contributed by atoms with E-state index in [-0.39, 0.29) is 12.0 Å². The van der Waals surface area contributed by atoms with E-state index in [4.69, 9.17) is 16.0 Å². The fourth-order valence-electron chi connectivity index (χ4n) is 2.83. The van der Waals surface area contributed by atoms with E-state index in [9.17, 15) is 9.59 Å². The molecule has 1 spiro atoms. The number of hydrogen-bond donors (Lipinski definition) is 0. The molecule has 0 radical (unpaired) electrons. The zero-order chi connectivity index (χ0) is 15.7. The van der Waals surface area contributed by atoms with Gasteiger partial charge in [-0.2, -0.15) is 0 Å². The van der Waals surface area contributed by atoms with Crippen LogP contribution in [0.1, 0.15) is 59.3 Å². The van der Waals surface area contributed by atoms with E-state index in [1.807, 2.05) is 20.8 Å². The molecule has 0 aromatic rings. The molecule has 0 aromatic carbocycles. The van der Waals surface area contributed by atoms with Crippen LogP contribution in [0.3, 0.4) is 0 Å². The summed E-state index contributed by atoms with van der Waals surface area (Å²) >= 11 is 0. The zero-order valence-electron chi connectivity index (χ0n) is 13.0. The first-order valence-electron chi connectivity index (χ1n) is 7.62. The predicted octanol–water partition coefficient (Wildman–Crippen LogP) is 2.88. The molecule has 0 amide bonds. The summed E-state index contributed by atoms with van der Waals surface area (Å²) in [4.78, 5) is 27.6. The summed E-state index contributed by atoms with van der Waals surface area (Å²) in [5, 5.41) is 0. The number of rotatable bonds is 3. The summed E-state index contributed by atoms with van der Waals surface area (Å²) in [7, 11) is 0. The van der Waals surface area contributed by atoms with E-state index in [1.165, 1.54) is 0 Å². The Balaban J connectivity index is 1.98. The van der Waals surface area contributed by atoms with Crippen molar-refractivity contribution in [2.75, 3.05) is 0 Å². The predicted molar refractivity (Wildman–Crippen MR) is 76.3 cm³/mol.